The Morgan fingerprint density at radius 1 is 1.00 bits per heavy atom. The van der Waals surface area contributed by atoms with Gasteiger partial charge in [0.25, 0.3) is 0 Å². The summed E-state index contributed by atoms with van der Waals surface area (Å²) in [5.41, 5.74) is 1.86. The zero-order chi connectivity index (χ0) is 20.8. The predicted octanol–water partition coefficient (Wildman–Crippen LogP) is 4.61. The lowest BCUT2D eigenvalue weighted by molar-refractivity contribution is 0.0549. The van der Waals surface area contributed by atoms with Crippen molar-refractivity contribution in [3.8, 4) is 16.9 Å². The first kappa shape index (κ1) is 20.7. The second-order valence-electron chi connectivity index (χ2n) is 6.18. The van der Waals surface area contributed by atoms with Gasteiger partial charge in [0.1, 0.15) is 11.3 Å². The number of nitrogens with zero attached hydrogens (tertiary/aromatic N) is 2. The summed E-state index contributed by atoms with van der Waals surface area (Å²) in [6, 6.07) is 16.9. The number of benzene rings is 2. The number of ether oxygens (including phenoxy) is 2. The van der Waals surface area contributed by atoms with Crippen molar-refractivity contribution in [2.75, 3.05) is 20.0 Å². The van der Waals surface area contributed by atoms with Crippen molar-refractivity contribution in [1.29, 1.82) is 0 Å². The highest BCUT2D eigenvalue weighted by Gasteiger charge is 2.31. The molecule has 0 radical (unpaired) electrons. The molecule has 0 aliphatic heterocycles. The summed E-state index contributed by atoms with van der Waals surface area (Å²) < 4.78 is 11.4. The zero-order valence-electron chi connectivity index (χ0n) is 16.5. The van der Waals surface area contributed by atoms with Crippen LogP contribution in [0.2, 0.25) is 0 Å². The van der Waals surface area contributed by atoms with Crippen LogP contribution in [-0.4, -0.2) is 41.7 Å². The third-order valence-corrected chi connectivity index (χ3v) is 5.43. The average Bonchev–Trinajstić information content (AvgIpc) is 3.18. The molecule has 0 saturated heterocycles. The highest BCUT2D eigenvalue weighted by Crippen LogP contribution is 2.31. The van der Waals surface area contributed by atoms with Gasteiger partial charge in [0.2, 0.25) is 0 Å². The van der Waals surface area contributed by atoms with Crippen molar-refractivity contribution in [2.45, 2.75) is 18.2 Å². The lowest BCUT2D eigenvalue weighted by atomic mass is 10.1. The smallest absolute Gasteiger partial charge is 0.357 e. The fourth-order valence-electron chi connectivity index (χ4n) is 2.91. The number of esters is 2. The van der Waals surface area contributed by atoms with Crippen LogP contribution in [0.15, 0.2) is 59.5 Å². The largest absolute Gasteiger partial charge is 0.465 e. The van der Waals surface area contributed by atoms with Gasteiger partial charge < -0.3 is 9.47 Å². The van der Waals surface area contributed by atoms with E-state index in [9.17, 15) is 9.59 Å². The fourth-order valence-corrected chi connectivity index (χ4v) is 3.73. The van der Waals surface area contributed by atoms with Crippen LogP contribution >= 0.6 is 11.8 Å². The molecule has 2 aromatic carbocycles. The van der Waals surface area contributed by atoms with Crippen LogP contribution in [0.25, 0.3) is 16.9 Å². The zero-order valence-corrected chi connectivity index (χ0v) is 17.4. The molecule has 1 aromatic heterocycles. The number of para-hydroxylation sites is 1. The molecule has 150 valence electrons. The Kier molecular flexibility index (Phi) is 6.72. The van der Waals surface area contributed by atoms with E-state index in [0.29, 0.717) is 11.4 Å². The quantitative estimate of drug-likeness (QED) is 0.418. The highest BCUT2D eigenvalue weighted by atomic mass is 32.2. The third kappa shape index (κ3) is 4.35. The molecule has 3 aromatic rings. The molecule has 0 amide bonds. The maximum Gasteiger partial charge on any atom is 0.357 e. The van der Waals surface area contributed by atoms with Crippen molar-refractivity contribution in [3.63, 3.8) is 0 Å². The Balaban J connectivity index is 2.25. The van der Waals surface area contributed by atoms with E-state index in [2.05, 4.69) is 12.0 Å². The van der Waals surface area contributed by atoms with Crippen LogP contribution in [-0.2, 0) is 9.47 Å². The molecule has 0 unspecified atom stereocenters. The first-order chi connectivity index (χ1) is 14.1. The number of hydrogen-bond donors (Lipinski definition) is 0. The van der Waals surface area contributed by atoms with Gasteiger partial charge >= 0.3 is 11.9 Å². The van der Waals surface area contributed by atoms with Crippen molar-refractivity contribution in [1.82, 2.24) is 9.78 Å². The molecule has 0 saturated carbocycles. The van der Waals surface area contributed by atoms with E-state index in [1.54, 1.807) is 23.9 Å². The van der Waals surface area contributed by atoms with Crippen LogP contribution in [0.5, 0.6) is 0 Å². The Morgan fingerprint density at radius 2 is 1.72 bits per heavy atom. The van der Waals surface area contributed by atoms with Crippen LogP contribution in [0.3, 0.4) is 0 Å². The number of hydrogen-bond acceptors (Lipinski definition) is 6. The van der Waals surface area contributed by atoms with E-state index >= 15 is 0 Å². The Morgan fingerprint density at radius 3 is 2.38 bits per heavy atom. The summed E-state index contributed by atoms with van der Waals surface area (Å²) in [7, 11) is 2.55. The number of thioether (sulfide) groups is 1. The van der Waals surface area contributed by atoms with Crippen molar-refractivity contribution < 1.29 is 19.1 Å². The van der Waals surface area contributed by atoms with Crippen LogP contribution in [0.4, 0.5) is 0 Å². The summed E-state index contributed by atoms with van der Waals surface area (Å²) in [5, 5.41) is 4.62. The van der Waals surface area contributed by atoms with E-state index in [1.807, 2.05) is 42.5 Å². The third-order valence-electron chi connectivity index (χ3n) is 4.23. The van der Waals surface area contributed by atoms with Gasteiger partial charge in [-0.3, -0.25) is 0 Å². The number of aromatic nitrogens is 2. The average molecular weight is 410 g/mol. The normalized spacial score (nSPS) is 10.6. The summed E-state index contributed by atoms with van der Waals surface area (Å²) in [5.74, 6) is -0.321. The minimum atomic E-state index is -0.662. The minimum Gasteiger partial charge on any atom is -0.465 e. The Labute approximate surface area is 173 Å². The molecule has 6 nitrogen and oxygen atoms in total. The van der Waals surface area contributed by atoms with Gasteiger partial charge in [-0.05, 0) is 36.4 Å². The molecule has 0 aliphatic rings. The molecule has 3 rings (SSSR count). The number of rotatable bonds is 7. The molecule has 0 atom stereocenters. The second kappa shape index (κ2) is 9.43. The lowest BCUT2D eigenvalue weighted by Gasteiger charge is -2.07. The number of carbonyl (C=O) groups is 2. The highest BCUT2D eigenvalue weighted by molar-refractivity contribution is 7.99. The van der Waals surface area contributed by atoms with Gasteiger partial charge in [0.15, 0.2) is 5.69 Å². The number of carbonyl (C=O) groups excluding carboxylic acids is 2. The van der Waals surface area contributed by atoms with Gasteiger partial charge in [0, 0.05) is 10.5 Å². The van der Waals surface area contributed by atoms with E-state index < -0.39 is 11.9 Å². The molecular formula is C22H22N2O4S. The topological polar surface area (TPSA) is 70.4 Å². The molecule has 0 aliphatic carbocycles. The first-order valence-electron chi connectivity index (χ1n) is 9.19. The van der Waals surface area contributed by atoms with Gasteiger partial charge in [-0.25, -0.2) is 14.3 Å². The Hall–Kier alpha value is -3.06. The second-order valence-corrected chi connectivity index (χ2v) is 7.35. The van der Waals surface area contributed by atoms with Gasteiger partial charge in [-0.15, -0.1) is 11.8 Å². The molecule has 0 N–H and O–H groups in total. The van der Waals surface area contributed by atoms with Crippen molar-refractivity contribution in [3.05, 3.63) is 65.9 Å². The predicted molar refractivity (Wildman–Crippen MR) is 113 cm³/mol. The number of methoxy groups -OCH3 is 2. The van der Waals surface area contributed by atoms with Crippen LogP contribution in [0.1, 0.15) is 34.2 Å². The van der Waals surface area contributed by atoms with Gasteiger partial charge in [0.05, 0.1) is 19.9 Å². The van der Waals surface area contributed by atoms with E-state index in [-0.39, 0.29) is 11.3 Å². The summed E-state index contributed by atoms with van der Waals surface area (Å²) in [6.07, 6.45) is 1.05. The van der Waals surface area contributed by atoms with Crippen LogP contribution in [0, 0.1) is 0 Å². The molecule has 0 fully saturated rings. The van der Waals surface area contributed by atoms with Crippen LogP contribution < -0.4 is 0 Å². The molecular weight excluding hydrogens is 388 g/mol. The summed E-state index contributed by atoms with van der Waals surface area (Å²) >= 11 is 1.73. The SMILES string of the molecule is CCCSc1cccc(-c2nn(-c3ccccc3)c(C(=O)OC)c2C(=O)OC)c1. The lowest BCUT2D eigenvalue weighted by Crippen LogP contribution is -2.15. The van der Waals surface area contributed by atoms with Gasteiger partial charge in [-0.1, -0.05) is 37.3 Å². The monoisotopic (exact) mass is 410 g/mol. The standard InChI is InChI=1S/C22H22N2O4S/c1-4-13-29-17-12-8-9-15(14-17)19-18(21(25)27-2)20(22(26)28-3)24(23-19)16-10-6-5-7-11-16/h5-12,14H,4,13H2,1-3H3. The van der Waals surface area contributed by atoms with Crippen molar-refractivity contribution in [2.24, 2.45) is 0 Å². The van der Waals surface area contributed by atoms with Crippen molar-refractivity contribution >= 4 is 23.7 Å². The molecule has 7 heteroatoms. The molecule has 29 heavy (non-hydrogen) atoms. The fraction of sp³-hybridized carbons (Fsp3) is 0.227. The van der Waals surface area contributed by atoms with E-state index in [4.69, 9.17) is 9.47 Å². The van der Waals surface area contributed by atoms with E-state index in [0.717, 1.165) is 22.6 Å². The minimum absolute atomic E-state index is 0.0344. The summed E-state index contributed by atoms with van der Waals surface area (Å²) in [4.78, 5) is 26.3. The van der Waals surface area contributed by atoms with Gasteiger partial charge in [-0.2, -0.15) is 5.10 Å². The maximum absolute atomic E-state index is 12.7. The summed E-state index contributed by atoms with van der Waals surface area (Å²) in [6.45, 7) is 2.12. The van der Waals surface area contributed by atoms with E-state index in [1.165, 1.54) is 18.9 Å². The molecule has 1 heterocycles. The maximum atomic E-state index is 12.7. The first-order valence-corrected chi connectivity index (χ1v) is 10.2. The molecule has 0 spiro atoms. The Bertz CT molecular complexity index is 1010. The molecule has 0 bridgehead atoms.